The van der Waals surface area contributed by atoms with E-state index in [9.17, 15) is 14.0 Å². The van der Waals surface area contributed by atoms with Gasteiger partial charge in [0.05, 0.1) is 6.54 Å². The number of benzene rings is 2. The number of nitrogens with one attached hydrogen (secondary N) is 1. The molecule has 2 aromatic rings. The highest BCUT2D eigenvalue weighted by Crippen LogP contribution is 2.21. The van der Waals surface area contributed by atoms with Crippen molar-refractivity contribution < 1.29 is 14.0 Å². The van der Waals surface area contributed by atoms with Crippen LogP contribution < -0.4 is 5.32 Å². The molecule has 1 saturated heterocycles. The van der Waals surface area contributed by atoms with Crippen molar-refractivity contribution in [2.75, 3.05) is 19.6 Å². The van der Waals surface area contributed by atoms with Gasteiger partial charge in [-0.05, 0) is 55.8 Å². The third-order valence-electron chi connectivity index (χ3n) is 4.79. The van der Waals surface area contributed by atoms with Crippen LogP contribution >= 0.6 is 0 Å². The molecule has 1 amide bonds. The summed E-state index contributed by atoms with van der Waals surface area (Å²) in [5.41, 5.74) is 1.63. The van der Waals surface area contributed by atoms with E-state index in [0.29, 0.717) is 18.7 Å². The van der Waals surface area contributed by atoms with Crippen molar-refractivity contribution in [3.05, 3.63) is 71.5 Å². The smallest absolute Gasteiger partial charge is 0.234 e. The molecule has 1 N–H and O–H groups in total. The van der Waals surface area contributed by atoms with Gasteiger partial charge in [-0.15, -0.1) is 0 Å². The van der Waals surface area contributed by atoms with Gasteiger partial charge >= 0.3 is 0 Å². The molecule has 1 heterocycles. The minimum atomic E-state index is -0.335. The Bertz CT molecular complexity index is 738. The average molecular weight is 354 g/mol. The summed E-state index contributed by atoms with van der Waals surface area (Å²) in [6, 6.07) is 15.5. The van der Waals surface area contributed by atoms with Crippen molar-refractivity contribution in [3.63, 3.8) is 0 Å². The fraction of sp³-hybridized carbons (Fsp3) is 0.333. The lowest BCUT2D eigenvalue weighted by molar-refractivity contribution is -0.122. The first-order valence-corrected chi connectivity index (χ1v) is 8.94. The number of ketones is 1. The largest absolute Gasteiger partial charge is 0.351 e. The SMILES string of the molecule is O=C(CN1CCC(C(=O)c2ccc(F)cc2)CC1)NCc1ccccc1. The first-order chi connectivity index (χ1) is 12.6. The zero-order valence-corrected chi connectivity index (χ0v) is 14.7. The highest BCUT2D eigenvalue weighted by molar-refractivity contribution is 5.97. The first-order valence-electron chi connectivity index (χ1n) is 8.94. The molecular weight excluding hydrogens is 331 g/mol. The van der Waals surface area contributed by atoms with E-state index in [2.05, 4.69) is 10.2 Å². The molecule has 136 valence electrons. The van der Waals surface area contributed by atoms with E-state index in [1.165, 1.54) is 12.1 Å². The minimum absolute atomic E-state index is 0.00263. The Labute approximate surface area is 153 Å². The molecular formula is C21H23FN2O2. The van der Waals surface area contributed by atoms with Crippen molar-refractivity contribution in [2.45, 2.75) is 19.4 Å². The summed E-state index contributed by atoms with van der Waals surface area (Å²) in [5, 5.41) is 2.93. The Morgan fingerprint density at radius 1 is 1.00 bits per heavy atom. The minimum Gasteiger partial charge on any atom is -0.351 e. The number of piperidine rings is 1. The molecule has 1 aliphatic rings. The predicted octanol–water partition coefficient (Wildman–Crippen LogP) is 3.04. The topological polar surface area (TPSA) is 49.4 Å². The predicted molar refractivity (Wildman–Crippen MR) is 98.2 cm³/mol. The zero-order chi connectivity index (χ0) is 18.4. The van der Waals surface area contributed by atoms with Gasteiger partial charge in [0, 0.05) is 18.0 Å². The van der Waals surface area contributed by atoms with Crippen LogP contribution in [-0.4, -0.2) is 36.2 Å². The molecule has 0 spiro atoms. The van der Waals surface area contributed by atoms with Crippen molar-refractivity contribution in [2.24, 2.45) is 5.92 Å². The Morgan fingerprint density at radius 3 is 2.31 bits per heavy atom. The highest BCUT2D eigenvalue weighted by atomic mass is 19.1. The van der Waals surface area contributed by atoms with Crippen molar-refractivity contribution in [1.29, 1.82) is 0 Å². The van der Waals surface area contributed by atoms with Gasteiger partial charge in [-0.2, -0.15) is 0 Å². The number of hydrogen-bond donors (Lipinski definition) is 1. The van der Waals surface area contributed by atoms with Crippen LogP contribution in [0.25, 0.3) is 0 Å². The molecule has 0 saturated carbocycles. The second-order valence-electron chi connectivity index (χ2n) is 6.68. The van der Waals surface area contributed by atoms with Gasteiger partial charge in [0.25, 0.3) is 0 Å². The van der Waals surface area contributed by atoms with Crippen LogP contribution in [0.2, 0.25) is 0 Å². The summed E-state index contributed by atoms with van der Waals surface area (Å²) in [4.78, 5) is 26.7. The van der Waals surface area contributed by atoms with Crippen LogP contribution in [0, 0.1) is 11.7 Å². The number of nitrogens with zero attached hydrogens (tertiary/aromatic N) is 1. The lowest BCUT2D eigenvalue weighted by Crippen LogP contribution is -2.42. The number of hydrogen-bond acceptors (Lipinski definition) is 3. The molecule has 1 fully saturated rings. The van der Waals surface area contributed by atoms with Crippen LogP contribution in [0.5, 0.6) is 0 Å². The van der Waals surface area contributed by atoms with Crippen LogP contribution in [0.1, 0.15) is 28.8 Å². The molecule has 0 unspecified atom stereocenters. The Kier molecular flexibility index (Phi) is 6.12. The molecule has 0 bridgehead atoms. The lowest BCUT2D eigenvalue weighted by atomic mass is 9.89. The number of likely N-dealkylation sites (tertiary alicyclic amines) is 1. The lowest BCUT2D eigenvalue weighted by Gasteiger charge is -2.30. The van der Waals surface area contributed by atoms with Gasteiger partial charge in [0.15, 0.2) is 5.78 Å². The number of carbonyl (C=O) groups is 2. The fourth-order valence-electron chi connectivity index (χ4n) is 3.26. The van der Waals surface area contributed by atoms with Crippen LogP contribution in [-0.2, 0) is 11.3 Å². The third kappa shape index (κ3) is 4.99. The van der Waals surface area contributed by atoms with E-state index in [1.54, 1.807) is 12.1 Å². The van der Waals surface area contributed by atoms with E-state index >= 15 is 0 Å². The molecule has 5 heteroatoms. The standard InChI is InChI=1S/C21H23FN2O2/c22-19-8-6-17(7-9-19)21(26)18-10-12-24(13-11-18)15-20(25)23-14-16-4-2-1-3-5-16/h1-9,18H,10-15H2,(H,23,25). The Hall–Kier alpha value is -2.53. The number of amides is 1. The second-order valence-corrected chi connectivity index (χ2v) is 6.68. The van der Waals surface area contributed by atoms with E-state index in [1.807, 2.05) is 30.3 Å². The van der Waals surface area contributed by atoms with Crippen molar-refractivity contribution >= 4 is 11.7 Å². The van der Waals surface area contributed by atoms with E-state index in [4.69, 9.17) is 0 Å². The molecule has 0 aliphatic carbocycles. The molecule has 0 aromatic heterocycles. The Balaban J connectivity index is 1.42. The summed E-state index contributed by atoms with van der Waals surface area (Å²) < 4.78 is 13.0. The fourth-order valence-corrected chi connectivity index (χ4v) is 3.26. The number of carbonyl (C=O) groups excluding carboxylic acids is 2. The highest BCUT2D eigenvalue weighted by Gasteiger charge is 2.26. The quantitative estimate of drug-likeness (QED) is 0.811. The van der Waals surface area contributed by atoms with E-state index < -0.39 is 0 Å². The van der Waals surface area contributed by atoms with Crippen molar-refractivity contribution in [1.82, 2.24) is 10.2 Å². The summed E-state index contributed by atoms with van der Waals surface area (Å²) in [5.74, 6) is -0.322. The van der Waals surface area contributed by atoms with Gasteiger partial charge in [-0.3, -0.25) is 14.5 Å². The average Bonchev–Trinajstić information content (AvgIpc) is 2.68. The maximum Gasteiger partial charge on any atom is 0.234 e. The number of rotatable bonds is 6. The second kappa shape index (κ2) is 8.72. The maximum absolute atomic E-state index is 13.0. The maximum atomic E-state index is 13.0. The molecule has 3 rings (SSSR count). The van der Waals surface area contributed by atoms with Gasteiger partial charge in [-0.25, -0.2) is 4.39 Å². The molecule has 0 radical (unpaired) electrons. The van der Waals surface area contributed by atoms with E-state index in [-0.39, 0.29) is 23.4 Å². The van der Waals surface area contributed by atoms with Crippen molar-refractivity contribution in [3.8, 4) is 0 Å². The van der Waals surface area contributed by atoms with Crippen LogP contribution in [0.3, 0.4) is 0 Å². The summed E-state index contributed by atoms with van der Waals surface area (Å²) >= 11 is 0. The summed E-state index contributed by atoms with van der Waals surface area (Å²) in [6.45, 7) is 2.32. The molecule has 26 heavy (non-hydrogen) atoms. The van der Waals surface area contributed by atoms with Gasteiger partial charge in [-0.1, -0.05) is 30.3 Å². The number of Topliss-reactive ketones (excluding diaryl/α,β-unsaturated/α-hetero) is 1. The first kappa shape index (κ1) is 18.3. The molecule has 2 aromatic carbocycles. The monoisotopic (exact) mass is 354 g/mol. The summed E-state index contributed by atoms with van der Waals surface area (Å²) in [7, 11) is 0. The normalized spacial score (nSPS) is 15.6. The Morgan fingerprint density at radius 2 is 1.65 bits per heavy atom. The third-order valence-corrected chi connectivity index (χ3v) is 4.79. The van der Waals surface area contributed by atoms with Gasteiger partial charge in [0.2, 0.25) is 5.91 Å². The zero-order valence-electron chi connectivity index (χ0n) is 14.7. The number of halogens is 1. The van der Waals surface area contributed by atoms with Crippen LogP contribution in [0.15, 0.2) is 54.6 Å². The van der Waals surface area contributed by atoms with E-state index in [0.717, 1.165) is 31.5 Å². The van der Waals surface area contributed by atoms with Gasteiger partial charge in [0.1, 0.15) is 5.82 Å². The molecule has 1 aliphatic heterocycles. The van der Waals surface area contributed by atoms with Gasteiger partial charge < -0.3 is 5.32 Å². The molecule has 4 nitrogen and oxygen atoms in total. The van der Waals surface area contributed by atoms with Crippen LogP contribution in [0.4, 0.5) is 4.39 Å². The molecule has 0 atom stereocenters. The summed E-state index contributed by atoms with van der Waals surface area (Å²) in [6.07, 6.45) is 1.45.